The highest BCUT2D eigenvalue weighted by atomic mass is 19.1. The number of para-hydroxylation sites is 1. The number of ether oxygens (including phenoxy) is 1. The molecule has 0 amide bonds. The Morgan fingerprint density at radius 2 is 2.16 bits per heavy atom. The molecule has 5 nitrogen and oxygen atoms in total. The largest absolute Gasteiger partial charge is 0.493 e. The molecule has 0 aliphatic heterocycles. The zero-order valence-electron chi connectivity index (χ0n) is 11.3. The number of methoxy groups -OCH3 is 1. The molecule has 2 rings (SSSR count). The second-order valence-electron chi connectivity index (χ2n) is 4.46. The van der Waals surface area contributed by atoms with Crippen molar-refractivity contribution < 1.29 is 9.13 Å². The van der Waals surface area contributed by atoms with Gasteiger partial charge < -0.3 is 9.30 Å². The van der Waals surface area contributed by atoms with E-state index in [-0.39, 0.29) is 5.82 Å². The lowest BCUT2D eigenvalue weighted by molar-refractivity contribution is 0.296. The highest BCUT2D eigenvalue weighted by Gasteiger charge is 2.12. The van der Waals surface area contributed by atoms with Gasteiger partial charge in [-0.25, -0.2) is 4.39 Å². The average molecular weight is 264 g/mol. The van der Waals surface area contributed by atoms with Gasteiger partial charge in [0, 0.05) is 19.2 Å². The maximum absolute atomic E-state index is 13.6. The molecule has 0 radical (unpaired) electrons. The molecule has 0 spiro atoms. The van der Waals surface area contributed by atoms with Gasteiger partial charge in [-0.3, -0.25) is 4.90 Å². The van der Waals surface area contributed by atoms with Crippen molar-refractivity contribution in [3.8, 4) is 5.75 Å². The van der Waals surface area contributed by atoms with Crippen LogP contribution in [0.5, 0.6) is 5.75 Å². The summed E-state index contributed by atoms with van der Waals surface area (Å²) in [6.07, 6.45) is 1.66. The Hall–Kier alpha value is -1.95. The van der Waals surface area contributed by atoms with Crippen LogP contribution in [-0.2, 0) is 20.1 Å². The number of nitrogens with zero attached hydrogens (tertiary/aromatic N) is 4. The van der Waals surface area contributed by atoms with E-state index in [4.69, 9.17) is 4.74 Å². The number of halogens is 1. The van der Waals surface area contributed by atoms with Gasteiger partial charge in [0.2, 0.25) is 0 Å². The minimum Gasteiger partial charge on any atom is -0.493 e. The Kier molecular flexibility index (Phi) is 4.11. The van der Waals surface area contributed by atoms with E-state index < -0.39 is 0 Å². The van der Waals surface area contributed by atoms with Crippen molar-refractivity contribution in [2.75, 3.05) is 14.2 Å². The van der Waals surface area contributed by atoms with E-state index in [9.17, 15) is 4.39 Å². The predicted molar refractivity (Wildman–Crippen MR) is 69.1 cm³/mol. The zero-order valence-corrected chi connectivity index (χ0v) is 11.3. The van der Waals surface area contributed by atoms with E-state index in [1.807, 2.05) is 29.6 Å². The molecule has 1 aromatic carbocycles. The monoisotopic (exact) mass is 264 g/mol. The molecular weight excluding hydrogens is 247 g/mol. The van der Waals surface area contributed by atoms with E-state index in [0.29, 0.717) is 18.8 Å². The van der Waals surface area contributed by atoms with Gasteiger partial charge in [-0.05, 0) is 13.1 Å². The number of hydrogen-bond acceptors (Lipinski definition) is 4. The molecule has 0 saturated heterocycles. The summed E-state index contributed by atoms with van der Waals surface area (Å²) in [6, 6.07) is 4.93. The minimum absolute atomic E-state index is 0.298. The standard InChI is InChI=1S/C13H17FN4O/c1-17(8-12-16-15-9-18(12)2)7-10-5-4-6-11(14)13(10)19-3/h4-6,9H,7-8H2,1-3H3. The van der Waals surface area contributed by atoms with E-state index in [1.165, 1.54) is 13.2 Å². The van der Waals surface area contributed by atoms with Gasteiger partial charge in [0.15, 0.2) is 11.6 Å². The van der Waals surface area contributed by atoms with Crippen LogP contribution in [0, 0.1) is 5.82 Å². The van der Waals surface area contributed by atoms with Crippen molar-refractivity contribution in [1.82, 2.24) is 19.7 Å². The van der Waals surface area contributed by atoms with E-state index >= 15 is 0 Å². The minimum atomic E-state index is -0.341. The summed E-state index contributed by atoms with van der Waals surface area (Å²) in [5.74, 6) is 0.817. The quantitative estimate of drug-likeness (QED) is 0.822. The molecule has 0 aliphatic rings. The summed E-state index contributed by atoms with van der Waals surface area (Å²) in [4.78, 5) is 2.03. The maximum atomic E-state index is 13.6. The molecule has 0 bridgehead atoms. The fourth-order valence-electron chi connectivity index (χ4n) is 1.94. The Bertz CT molecular complexity index is 555. The highest BCUT2D eigenvalue weighted by molar-refractivity contribution is 5.34. The first-order valence-electron chi connectivity index (χ1n) is 5.94. The second kappa shape index (κ2) is 5.79. The van der Waals surface area contributed by atoms with Crippen molar-refractivity contribution in [3.05, 3.63) is 41.7 Å². The third-order valence-electron chi connectivity index (χ3n) is 2.91. The molecule has 0 unspecified atom stereocenters. The van der Waals surface area contributed by atoms with Crippen molar-refractivity contribution in [2.24, 2.45) is 7.05 Å². The van der Waals surface area contributed by atoms with Crippen molar-refractivity contribution in [3.63, 3.8) is 0 Å². The molecule has 6 heteroatoms. The summed E-state index contributed by atoms with van der Waals surface area (Å²) < 4.78 is 20.5. The lowest BCUT2D eigenvalue weighted by Crippen LogP contribution is -2.20. The summed E-state index contributed by atoms with van der Waals surface area (Å²) in [7, 11) is 5.32. The van der Waals surface area contributed by atoms with Crippen LogP contribution in [0.2, 0.25) is 0 Å². The number of hydrogen-bond donors (Lipinski definition) is 0. The summed E-state index contributed by atoms with van der Waals surface area (Å²) in [5.41, 5.74) is 0.812. The second-order valence-corrected chi connectivity index (χ2v) is 4.46. The fourth-order valence-corrected chi connectivity index (χ4v) is 1.94. The molecule has 2 aromatic rings. The Labute approximate surface area is 111 Å². The predicted octanol–water partition coefficient (Wildman–Crippen LogP) is 1.59. The van der Waals surface area contributed by atoms with Gasteiger partial charge in [0.1, 0.15) is 12.2 Å². The number of rotatable bonds is 5. The lowest BCUT2D eigenvalue weighted by Gasteiger charge is -2.18. The lowest BCUT2D eigenvalue weighted by atomic mass is 10.2. The van der Waals surface area contributed by atoms with Gasteiger partial charge in [0.05, 0.1) is 13.7 Å². The molecule has 0 N–H and O–H groups in total. The number of aryl methyl sites for hydroxylation is 1. The van der Waals surface area contributed by atoms with Crippen molar-refractivity contribution in [2.45, 2.75) is 13.1 Å². The smallest absolute Gasteiger partial charge is 0.165 e. The van der Waals surface area contributed by atoms with E-state index in [2.05, 4.69) is 10.2 Å². The zero-order chi connectivity index (χ0) is 13.8. The van der Waals surface area contributed by atoms with Crippen LogP contribution in [0.15, 0.2) is 24.5 Å². The van der Waals surface area contributed by atoms with Gasteiger partial charge in [0.25, 0.3) is 0 Å². The number of aromatic nitrogens is 3. The van der Waals surface area contributed by atoms with Gasteiger partial charge in [-0.2, -0.15) is 0 Å². The van der Waals surface area contributed by atoms with Crippen molar-refractivity contribution in [1.29, 1.82) is 0 Å². The molecule has 19 heavy (non-hydrogen) atoms. The Morgan fingerprint density at radius 3 is 2.79 bits per heavy atom. The first-order valence-corrected chi connectivity index (χ1v) is 5.94. The van der Waals surface area contributed by atoms with Gasteiger partial charge >= 0.3 is 0 Å². The first-order chi connectivity index (χ1) is 9.11. The van der Waals surface area contributed by atoms with Crippen LogP contribution in [0.4, 0.5) is 4.39 Å². The molecule has 0 aliphatic carbocycles. The third-order valence-corrected chi connectivity index (χ3v) is 2.91. The fraction of sp³-hybridized carbons (Fsp3) is 0.385. The van der Waals surface area contributed by atoms with Crippen LogP contribution in [0.3, 0.4) is 0 Å². The first kappa shape index (κ1) is 13.5. The van der Waals surface area contributed by atoms with Gasteiger partial charge in [-0.1, -0.05) is 12.1 Å². The van der Waals surface area contributed by atoms with Crippen LogP contribution < -0.4 is 4.74 Å². The highest BCUT2D eigenvalue weighted by Crippen LogP contribution is 2.23. The van der Waals surface area contributed by atoms with Crippen LogP contribution >= 0.6 is 0 Å². The summed E-state index contributed by atoms with van der Waals surface area (Å²) in [6.45, 7) is 1.21. The maximum Gasteiger partial charge on any atom is 0.165 e. The molecular formula is C13H17FN4O. The molecule has 0 saturated carbocycles. The molecule has 1 heterocycles. The molecule has 1 aromatic heterocycles. The van der Waals surface area contributed by atoms with Crippen LogP contribution in [0.25, 0.3) is 0 Å². The van der Waals surface area contributed by atoms with E-state index in [1.54, 1.807) is 12.4 Å². The Balaban J connectivity index is 2.09. The van der Waals surface area contributed by atoms with Crippen molar-refractivity contribution >= 4 is 0 Å². The summed E-state index contributed by atoms with van der Waals surface area (Å²) >= 11 is 0. The third kappa shape index (κ3) is 3.08. The van der Waals surface area contributed by atoms with Crippen LogP contribution in [0.1, 0.15) is 11.4 Å². The SMILES string of the molecule is COc1c(F)cccc1CN(C)Cc1nncn1C. The van der Waals surface area contributed by atoms with E-state index in [0.717, 1.165) is 11.4 Å². The normalized spacial score (nSPS) is 11.0. The molecule has 0 fully saturated rings. The summed E-state index contributed by atoms with van der Waals surface area (Å²) in [5, 5.41) is 7.85. The molecule has 0 atom stereocenters. The molecule has 102 valence electrons. The van der Waals surface area contributed by atoms with Crippen LogP contribution in [-0.4, -0.2) is 33.8 Å². The average Bonchev–Trinajstić information content (AvgIpc) is 2.75. The topological polar surface area (TPSA) is 43.2 Å². The van der Waals surface area contributed by atoms with Gasteiger partial charge in [-0.15, -0.1) is 10.2 Å². The number of benzene rings is 1. The Morgan fingerprint density at radius 1 is 1.37 bits per heavy atom.